The molecule has 0 bridgehead atoms. The molecule has 0 unspecified atom stereocenters. The van der Waals surface area contributed by atoms with E-state index in [1.165, 1.54) is 51.4 Å². The molecule has 0 spiro atoms. The first-order valence-corrected chi connectivity index (χ1v) is 6.17. The summed E-state index contributed by atoms with van der Waals surface area (Å²) in [5, 5.41) is 0. The second-order valence-electron chi connectivity index (χ2n) is 4.84. The van der Waals surface area contributed by atoms with E-state index in [1.54, 1.807) is 7.11 Å². The van der Waals surface area contributed by atoms with Crippen molar-refractivity contribution in [3.8, 4) is 0 Å². The van der Waals surface area contributed by atoms with Crippen LogP contribution in [0, 0.1) is 0 Å². The molecule has 0 aromatic heterocycles. The SMILES string of the molecule is Br.CCCCCCCCCC(C)(C)OC. The molecule has 0 saturated carbocycles. The zero-order valence-electron chi connectivity index (χ0n) is 11.0. The number of ether oxygens (including phenoxy) is 1. The fourth-order valence-electron chi connectivity index (χ4n) is 1.61. The lowest BCUT2D eigenvalue weighted by atomic mass is 9.99. The maximum absolute atomic E-state index is 5.38. The van der Waals surface area contributed by atoms with Gasteiger partial charge >= 0.3 is 0 Å². The van der Waals surface area contributed by atoms with Crippen molar-refractivity contribution in [2.75, 3.05) is 7.11 Å². The summed E-state index contributed by atoms with van der Waals surface area (Å²) in [5.41, 5.74) is 0.0867. The number of hydrogen-bond acceptors (Lipinski definition) is 1. The zero-order chi connectivity index (χ0) is 10.9. The molecular weight excluding hydrogens is 252 g/mol. The van der Waals surface area contributed by atoms with Crippen molar-refractivity contribution in [1.82, 2.24) is 0 Å². The Labute approximate surface area is 107 Å². The first-order valence-electron chi connectivity index (χ1n) is 6.17. The molecule has 0 saturated heterocycles. The van der Waals surface area contributed by atoms with Crippen molar-refractivity contribution < 1.29 is 4.74 Å². The Kier molecular flexibility index (Phi) is 13.0. The minimum Gasteiger partial charge on any atom is -0.379 e. The van der Waals surface area contributed by atoms with Gasteiger partial charge in [-0.3, -0.25) is 0 Å². The van der Waals surface area contributed by atoms with Gasteiger partial charge in [0.25, 0.3) is 0 Å². The standard InChI is InChI=1S/C13H28O.BrH/c1-5-6-7-8-9-10-11-12-13(2,3)14-4;/h5-12H2,1-4H3;1H. The number of halogens is 1. The molecule has 0 radical (unpaired) electrons. The van der Waals surface area contributed by atoms with Crippen LogP contribution in [0.3, 0.4) is 0 Å². The topological polar surface area (TPSA) is 9.23 Å². The van der Waals surface area contributed by atoms with Crippen LogP contribution in [-0.2, 0) is 4.74 Å². The second kappa shape index (κ2) is 10.9. The molecule has 0 aliphatic rings. The lowest BCUT2D eigenvalue weighted by Gasteiger charge is -2.22. The van der Waals surface area contributed by atoms with Crippen molar-refractivity contribution >= 4 is 17.0 Å². The Bertz CT molecular complexity index is 124. The predicted molar refractivity (Wildman–Crippen MR) is 74.0 cm³/mol. The van der Waals surface area contributed by atoms with E-state index in [0.29, 0.717) is 0 Å². The minimum atomic E-state index is 0. The van der Waals surface area contributed by atoms with Crippen molar-refractivity contribution in [1.29, 1.82) is 0 Å². The molecule has 2 heteroatoms. The monoisotopic (exact) mass is 280 g/mol. The third-order valence-electron chi connectivity index (χ3n) is 2.93. The number of hydrogen-bond donors (Lipinski definition) is 0. The molecule has 0 amide bonds. The number of rotatable bonds is 9. The first kappa shape index (κ1) is 17.8. The highest BCUT2D eigenvalue weighted by molar-refractivity contribution is 8.93. The Hall–Kier alpha value is 0.440. The van der Waals surface area contributed by atoms with E-state index in [1.807, 2.05) is 0 Å². The van der Waals surface area contributed by atoms with Crippen LogP contribution in [0.1, 0.15) is 72.1 Å². The molecule has 0 aliphatic heterocycles. The summed E-state index contributed by atoms with van der Waals surface area (Å²) < 4.78 is 5.38. The van der Waals surface area contributed by atoms with Crippen LogP contribution in [0.2, 0.25) is 0 Å². The quantitative estimate of drug-likeness (QED) is 0.532. The zero-order valence-corrected chi connectivity index (χ0v) is 12.7. The Morgan fingerprint density at radius 3 is 1.80 bits per heavy atom. The average Bonchev–Trinajstić information content (AvgIpc) is 2.16. The van der Waals surface area contributed by atoms with Crippen LogP contribution < -0.4 is 0 Å². The number of unbranched alkanes of at least 4 members (excludes halogenated alkanes) is 6. The fraction of sp³-hybridized carbons (Fsp3) is 1.00. The summed E-state index contributed by atoms with van der Waals surface area (Å²) in [7, 11) is 1.81. The van der Waals surface area contributed by atoms with E-state index in [4.69, 9.17) is 4.74 Å². The van der Waals surface area contributed by atoms with Crippen LogP contribution in [0.25, 0.3) is 0 Å². The normalized spacial score (nSPS) is 11.2. The van der Waals surface area contributed by atoms with Crippen LogP contribution in [-0.4, -0.2) is 12.7 Å². The summed E-state index contributed by atoms with van der Waals surface area (Å²) in [6, 6.07) is 0. The molecule has 15 heavy (non-hydrogen) atoms. The van der Waals surface area contributed by atoms with Gasteiger partial charge in [-0.25, -0.2) is 0 Å². The molecule has 0 N–H and O–H groups in total. The highest BCUT2D eigenvalue weighted by Gasteiger charge is 2.14. The van der Waals surface area contributed by atoms with E-state index in [2.05, 4.69) is 20.8 Å². The Morgan fingerprint density at radius 1 is 0.867 bits per heavy atom. The fourth-order valence-corrected chi connectivity index (χ4v) is 1.61. The van der Waals surface area contributed by atoms with Crippen LogP contribution in [0.4, 0.5) is 0 Å². The van der Waals surface area contributed by atoms with Crippen LogP contribution in [0.5, 0.6) is 0 Å². The largest absolute Gasteiger partial charge is 0.379 e. The Balaban J connectivity index is 0. The van der Waals surface area contributed by atoms with E-state index in [-0.39, 0.29) is 22.6 Å². The maximum atomic E-state index is 5.38. The third-order valence-corrected chi connectivity index (χ3v) is 2.93. The number of methoxy groups -OCH3 is 1. The molecule has 0 rings (SSSR count). The van der Waals surface area contributed by atoms with Crippen molar-refractivity contribution in [2.45, 2.75) is 77.7 Å². The van der Waals surface area contributed by atoms with E-state index in [0.717, 1.165) is 0 Å². The van der Waals surface area contributed by atoms with Crippen molar-refractivity contribution in [2.24, 2.45) is 0 Å². The summed E-state index contributed by atoms with van der Waals surface area (Å²) in [5.74, 6) is 0. The maximum Gasteiger partial charge on any atom is 0.0622 e. The molecule has 0 aromatic rings. The van der Waals surface area contributed by atoms with Gasteiger partial charge in [-0.05, 0) is 20.3 Å². The summed E-state index contributed by atoms with van der Waals surface area (Å²) in [4.78, 5) is 0. The van der Waals surface area contributed by atoms with E-state index >= 15 is 0 Å². The van der Waals surface area contributed by atoms with Gasteiger partial charge in [0, 0.05) is 7.11 Å². The summed E-state index contributed by atoms with van der Waals surface area (Å²) in [6.07, 6.45) is 10.9. The van der Waals surface area contributed by atoms with Gasteiger partial charge in [0.1, 0.15) is 0 Å². The first-order chi connectivity index (χ1) is 6.62. The molecule has 0 heterocycles. The molecule has 0 aromatic carbocycles. The van der Waals surface area contributed by atoms with E-state index < -0.39 is 0 Å². The van der Waals surface area contributed by atoms with Crippen LogP contribution in [0.15, 0.2) is 0 Å². The molecule has 0 fully saturated rings. The van der Waals surface area contributed by atoms with Gasteiger partial charge in [-0.1, -0.05) is 51.9 Å². The van der Waals surface area contributed by atoms with Gasteiger partial charge < -0.3 is 4.74 Å². The van der Waals surface area contributed by atoms with Gasteiger partial charge in [-0.15, -0.1) is 17.0 Å². The minimum absolute atomic E-state index is 0. The highest BCUT2D eigenvalue weighted by Crippen LogP contribution is 2.18. The van der Waals surface area contributed by atoms with E-state index in [9.17, 15) is 0 Å². The predicted octanol–water partition coefficient (Wildman–Crippen LogP) is 5.13. The van der Waals surface area contributed by atoms with Gasteiger partial charge in [0.15, 0.2) is 0 Å². The smallest absolute Gasteiger partial charge is 0.0622 e. The molecular formula is C13H29BrO. The van der Waals surface area contributed by atoms with Crippen LogP contribution >= 0.6 is 17.0 Å². The average molecular weight is 281 g/mol. The van der Waals surface area contributed by atoms with Gasteiger partial charge in [-0.2, -0.15) is 0 Å². The van der Waals surface area contributed by atoms with Crippen molar-refractivity contribution in [3.63, 3.8) is 0 Å². The Morgan fingerprint density at radius 2 is 1.33 bits per heavy atom. The summed E-state index contributed by atoms with van der Waals surface area (Å²) >= 11 is 0. The van der Waals surface area contributed by atoms with Crippen molar-refractivity contribution in [3.05, 3.63) is 0 Å². The molecule has 0 atom stereocenters. The third kappa shape index (κ3) is 12.4. The second-order valence-corrected chi connectivity index (χ2v) is 4.84. The van der Waals surface area contributed by atoms with Gasteiger partial charge in [0.05, 0.1) is 5.60 Å². The lowest BCUT2D eigenvalue weighted by molar-refractivity contribution is 0.0134. The summed E-state index contributed by atoms with van der Waals surface area (Å²) in [6.45, 7) is 6.61. The highest BCUT2D eigenvalue weighted by atomic mass is 79.9. The molecule has 0 aliphatic carbocycles. The lowest BCUT2D eigenvalue weighted by Crippen LogP contribution is -2.21. The molecule has 94 valence electrons. The van der Waals surface area contributed by atoms with Gasteiger partial charge in [0.2, 0.25) is 0 Å². The molecule has 1 nitrogen and oxygen atoms in total.